The highest BCUT2D eigenvalue weighted by Gasteiger charge is 2.34. The van der Waals surface area contributed by atoms with Crippen LogP contribution >= 0.6 is 11.6 Å². The summed E-state index contributed by atoms with van der Waals surface area (Å²) in [7, 11) is -4.15. The summed E-state index contributed by atoms with van der Waals surface area (Å²) in [5.74, 6) is -0.852. The van der Waals surface area contributed by atoms with E-state index in [1.54, 1.807) is 44.2 Å². The summed E-state index contributed by atoms with van der Waals surface area (Å²) in [5.41, 5.74) is 2.23. The third kappa shape index (κ3) is 7.61. The van der Waals surface area contributed by atoms with E-state index in [9.17, 15) is 18.0 Å². The van der Waals surface area contributed by atoms with Crippen LogP contribution in [0.2, 0.25) is 5.02 Å². The fourth-order valence-electron chi connectivity index (χ4n) is 4.11. The lowest BCUT2D eigenvalue weighted by molar-refractivity contribution is -0.140. The van der Waals surface area contributed by atoms with Gasteiger partial charge >= 0.3 is 0 Å². The lowest BCUT2D eigenvalue weighted by atomic mass is 10.1. The number of nitrogens with zero attached hydrogens (tertiary/aromatic N) is 2. The van der Waals surface area contributed by atoms with Crippen LogP contribution < -0.4 is 9.62 Å². The van der Waals surface area contributed by atoms with Crippen molar-refractivity contribution in [2.24, 2.45) is 0 Å². The smallest absolute Gasteiger partial charge is 0.264 e. The van der Waals surface area contributed by atoms with Crippen molar-refractivity contribution in [1.82, 2.24) is 10.2 Å². The zero-order valence-electron chi connectivity index (χ0n) is 23.2. The van der Waals surface area contributed by atoms with Gasteiger partial charge in [-0.2, -0.15) is 0 Å². The van der Waals surface area contributed by atoms with Gasteiger partial charge in [0.25, 0.3) is 10.0 Å². The molecule has 2 amide bonds. The maximum absolute atomic E-state index is 14.0. The molecule has 3 rings (SSSR count). The van der Waals surface area contributed by atoms with Gasteiger partial charge < -0.3 is 10.2 Å². The molecule has 0 spiro atoms. The van der Waals surface area contributed by atoms with Crippen molar-refractivity contribution in [1.29, 1.82) is 0 Å². The standard InChI is InChI=1S/C30H36ClN3O4S/c1-21-12-10-11-13-24(21)19-33(23(3)29(36)32-30(4,5)6)28(35)20-34(27-18-25(31)17-16-22(27)2)39(37,38)26-14-8-7-9-15-26/h7-18,23H,19-20H2,1-6H3,(H,32,36)/t23-/m0/s1. The third-order valence-electron chi connectivity index (χ3n) is 6.32. The minimum Gasteiger partial charge on any atom is -0.350 e. The highest BCUT2D eigenvalue weighted by molar-refractivity contribution is 7.92. The van der Waals surface area contributed by atoms with Crippen molar-refractivity contribution in [3.05, 3.63) is 94.5 Å². The summed E-state index contributed by atoms with van der Waals surface area (Å²) in [6, 6.07) is 19.6. The lowest BCUT2D eigenvalue weighted by Gasteiger charge is -2.34. The van der Waals surface area contributed by atoms with E-state index in [0.29, 0.717) is 16.3 Å². The molecule has 0 saturated heterocycles. The molecule has 0 bridgehead atoms. The van der Waals surface area contributed by atoms with Gasteiger partial charge in [0.1, 0.15) is 12.6 Å². The molecule has 0 radical (unpaired) electrons. The minimum atomic E-state index is -4.15. The van der Waals surface area contributed by atoms with Crippen LogP contribution in [0.5, 0.6) is 0 Å². The van der Waals surface area contributed by atoms with Crippen LogP contribution in [0.15, 0.2) is 77.7 Å². The highest BCUT2D eigenvalue weighted by Crippen LogP contribution is 2.30. The molecule has 208 valence electrons. The molecule has 0 unspecified atom stereocenters. The van der Waals surface area contributed by atoms with Gasteiger partial charge in [0.15, 0.2) is 0 Å². The summed E-state index contributed by atoms with van der Waals surface area (Å²) in [6.07, 6.45) is 0. The Balaban J connectivity index is 2.08. The second kappa shape index (κ2) is 12.2. The average Bonchev–Trinajstić information content (AvgIpc) is 2.87. The molecule has 0 aliphatic carbocycles. The molecular formula is C30H36ClN3O4S. The maximum Gasteiger partial charge on any atom is 0.264 e. The predicted octanol–water partition coefficient (Wildman–Crippen LogP) is 5.48. The molecule has 3 aromatic carbocycles. The van der Waals surface area contributed by atoms with Crippen molar-refractivity contribution < 1.29 is 18.0 Å². The van der Waals surface area contributed by atoms with Gasteiger partial charge in [-0.25, -0.2) is 8.42 Å². The number of rotatable bonds is 9. The molecule has 1 N–H and O–H groups in total. The number of carbonyl (C=O) groups is 2. The fourth-order valence-corrected chi connectivity index (χ4v) is 5.77. The molecule has 3 aromatic rings. The fraction of sp³-hybridized carbons (Fsp3) is 0.333. The topological polar surface area (TPSA) is 86.8 Å². The lowest BCUT2D eigenvalue weighted by Crippen LogP contribution is -2.54. The average molecular weight is 570 g/mol. The SMILES string of the molecule is Cc1ccccc1CN(C(=O)CN(c1cc(Cl)ccc1C)S(=O)(=O)c1ccccc1)[C@@H](C)C(=O)NC(C)(C)C. The second-order valence-corrected chi connectivity index (χ2v) is 12.9. The molecule has 0 aromatic heterocycles. The predicted molar refractivity (Wildman–Crippen MR) is 156 cm³/mol. The highest BCUT2D eigenvalue weighted by atomic mass is 35.5. The number of benzene rings is 3. The van der Waals surface area contributed by atoms with Crippen LogP contribution in [0.4, 0.5) is 5.69 Å². The number of hydrogen-bond donors (Lipinski definition) is 1. The van der Waals surface area contributed by atoms with Crippen LogP contribution in [0.1, 0.15) is 44.4 Å². The molecule has 9 heteroatoms. The van der Waals surface area contributed by atoms with Gasteiger partial charge in [0, 0.05) is 17.1 Å². The molecule has 0 saturated carbocycles. The van der Waals surface area contributed by atoms with E-state index >= 15 is 0 Å². The van der Waals surface area contributed by atoms with Gasteiger partial charge in [-0.1, -0.05) is 60.1 Å². The molecule has 0 fully saturated rings. The van der Waals surface area contributed by atoms with E-state index in [0.717, 1.165) is 15.4 Å². The third-order valence-corrected chi connectivity index (χ3v) is 8.33. The second-order valence-electron chi connectivity index (χ2n) is 10.6. The molecule has 39 heavy (non-hydrogen) atoms. The van der Waals surface area contributed by atoms with Crippen molar-refractivity contribution in [3.63, 3.8) is 0 Å². The Morgan fingerprint density at radius 1 is 0.923 bits per heavy atom. The maximum atomic E-state index is 14.0. The summed E-state index contributed by atoms with van der Waals surface area (Å²) >= 11 is 6.26. The minimum absolute atomic E-state index is 0.0427. The van der Waals surface area contributed by atoms with E-state index < -0.39 is 34.1 Å². The van der Waals surface area contributed by atoms with E-state index in [1.807, 2.05) is 52.0 Å². The number of sulfonamides is 1. The summed E-state index contributed by atoms with van der Waals surface area (Å²) in [6.45, 7) is 10.5. The Bertz CT molecular complexity index is 1440. The Kier molecular flexibility index (Phi) is 9.46. The normalized spacial score (nSPS) is 12.5. The summed E-state index contributed by atoms with van der Waals surface area (Å²) in [5, 5.41) is 3.27. The number of aryl methyl sites for hydroxylation is 2. The number of halogens is 1. The first-order valence-electron chi connectivity index (χ1n) is 12.7. The first kappa shape index (κ1) is 30.2. The summed E-state index contributed by atoms with van der Waals surface area (Å²) < 4.78 is 28.9. The van der Waals surface area contributed by atoms with Gasteiger partial charge in [-0.3, -0.25) is 13.9 Å². The van der Waals surface area contributed by atoms with Gasteiger partial charge in [-0.05, 0) is 82.5 Å². The van der Waals surface area contributed by atoms with Crippen molar-refractivity contribution >= 4 is 39.1 Å². The molecule has 1 atom stereocenters. The molecule has 0 aliphatic heterocycles. The molecule has 0 aliphatic rings. The zero-order chi connectivity index (χ0) is 29.0. The van der Waals surface area contributed by atoms with E-state index in [-0.39, 0.29) is 17.3 Å². The number of nitrogens with one attached hydrogen (secondary N) is 1. The Morgan fingerprint density at radius 2 is 1.54 bits per heavy atom. The van der Waals surface area contributed by atoms with Crippen LogP contribution in [-0.4, -0.2) is 43.3 Å². The first-order valence-corrected chi connectivity index (χ1v) is 14.5. The van der Waals surface area contributed by atoms with Crippen molar-refractivity contribution in [2.45, 2.75) is 64.6 Å². The van der Waals surface area contributed by atoms with Crippen LogP contribution in [-0.2, 0) is 26.2 Å². The van der Waals surface area contributed by atoms with Crippen molar-refractivity contribution in [3.8, 4) is 0 Å². The Labute approximate surface area is 236 Å². The van der Waals surface area contributed by atoms with Gasteiger partial charge in [0.05, 0.1) is 10.6 Å². The Hall–Kier alpha value is -3.36. The first-order chi connectivity index (χ1) is 18.2. The molecule has 7 nitrogen and oxygen atoms in total. The van der Waals surface area contributed by atoms with Crippen molar-refractivity contribution in [2.75, 3.05) is 10.8 Å². The quantitative estimate of drug-likeness (QED) is 0.369. The van der Waals surface area contributed by atoms with Gasteiger partial charge in [-0.15, -0.1) is 0 Å². The van der Waals surface area contributed by atoms with E-state index in [2.05, 4.69) is 5.32 Å². The number of anilines is 1. The number of hydrogen-bond acceptors (Lipinski definition) is 4. The zero-order valence-corrected chi connectivity index (χ0v) is 24.8. The van der Waals surface area contributed by atoms with Crippen LogP contribution in [0.25, 0.3) is 0 Å². The summed E-state index contributed by atoms with van der Waals surface area (Å²) in [4.78, 5) is 28.7. The van der Waals surface area contributed by atoms with Gasteiger partial charge in [0.2, 0.25) is 11.8 Å². The number of carbonyl (C=O) groups excluding carboxylic acids is 2. The Morgan fingerprint density at radius 3 is 2.15 bits per heavy atom. The van der Waals surface area contributed by atoms with Crippen LogP contribution in [0.3, 0.4) is 0 Å². The molecule has 0 heterocycles. The largest absolute Gasteiger partial charge is 0.350 e. The van der Waals surface area contributed by atoms with E-state index in [4.69, 9.17) is 11.6 Å². The monoisotopic (exact) mass is 569 g/mol. The van der Waals surface area contributed by atoms with Crippen LogP contribution in [0, 0.1) is 13.8 Å². The molecular weight excluding hydrogens is 534 g/mol. The number of amides is 2. The van der Waals surface area contributed by atoms with E-state index in [1.165, 1.54) is 23.1 Å².